The van der Waals surface area contributed by atoms with Crippen molar-refractivity contribution >= 4 is 11.6 Å². The van der Waals surface area contributed by atoms with Gasteiger partial charge in [0, 0.05) is 5.54 Å². The molecule has 1 rings (SSSR count). The second-order valence-electron chi connectivity index (χ2n) is 4.00. The van der Waals surface area contributed by atoms with Gasteiger partial charge in [-0.1, -0.05) is 17.7 Å². The minimum atomic E-state index is -0.449. The van der Waals surface area contributed by atoms with Gasteiger partial charge in [-0.05, 0) is 38.0 Å². The number of hydrogen-bond donors (Lipinski definition) is 1. The first-order chi connectivity index (χ1) is 6.38. The number of rotatable bonds is 2. The van der Waals surface area contributed by atoms with Crippen molar-refractivity contribution in [2.24, 2.45) is 5.73 Å². The summed E-state index contributed by atoms with van der Waals surface area (Å²) in [6, 6.07) is 3.82. The number of nitrogens with two attached hydrogens (primary N) is 1. The maximum absolute atomic E-state index is 6.19. The lowest BCUT2D eigenvalue weighted by Crippen LogP contribution is -2.30. The third-order valence-electron chi connectivity index (χ3n) is 2.18. The molecule has 0 heterocycles. The maximum Gasteiger partial charge on any atom is 0.137 e. The van der Waals surface area contributed by atoms with E-state index in [1.54, 1.807) is 7.11 Å². The Balaban J connectivity index is 3.40. The molecule has 1 aromatic carbocycles. The Hall–Kier alpha value is -0.730. The molecule has 0 aliphatic heterocycles. The molecular weight excluding hydrogens is 198 g/mol. The SMILES string of the molecule is COc1ccc(C)c(C(C)(C)N)c1Cl. The number of benzene rings is 1. The Kier molecular flexibility index (Phi) is 3.07. The van der Waals surface area contributed by atoms with Gasteiger partial charge in [-0.25, -0.2) is 0 Å². The van der Waals surface area contributed by atoms with Crippen LogP contribution in [0.5, 0.6) is 5.75 Å². The second kappa shape index (κ2) is 3.79. The molecule has 1 aromatic rings. The van der Waals surface area contributed by atoms with Gasteiger partial charge in [-0.3, -0.25) is 0 Å². The first kappa shape index (κ1) is 11.3. The fourth-order valence-electron chi connectivity index (χ4n) is 1.60. The predicted molar refractivity (Wildman–Crippen MR) is 60.0 cm³/mol. The number of methoxy groups -OCH3 is 1. The van der Waals surface area contributed by atoms with Crippen LogP contribution in [0.1, 0.15) is 25.0 Å². The first-order valence-electron chi connectivity index (χ1n) is 4.50. The normalized spacial score (nSPS) is 11.6. The summed E-state index contributed by atoms with van der Waals surface area (Å²) < 4.78 is 5.15. The molecule has 0 aliphatic carbocycles. The van der Waals surface area contributed by atoms with Crippen LogP contribution in [0, 0.1) is 6.92 Å². The standard InChI is InChI=1S/C11H16ClNO/c1-7-5-6-8(14-4)10(12)9(7)11(2,3)13/h5-6H,13H2,1-4H3. The fraction of sp³-hybridized carbons (Fsp3) is 0.455. The molecule has 0 amide bonds. The minimum absolute atomic E-state index is 0.449. The Morgan fingerprint density at radius 2 is 1.93 bits per heavy atom. The van der Waals surface area contributed by atoms with Crippen LogP contribution in [0.3, 0.4) is 0 Å². The van der Waals surface area contributed by atoms with Crippen LogP contribution in [-0.4, -0.2) is 7.11 Å². The fourth-order valence-corrected chi connectivity index (χ4v) is 2.13. The lowest BCUT2D eigenvalue weighted by molar-refractivity contribution is 0.412. The van der Waals surface area contributed by atoms with Gasteiger partial charge in [-0.15, -0.1) is 0 Å². The Labute approximate surface area is 90.0 Å². The van der Waals surface area contributed by atoms with E-state index < -0.39 is 5.54 Å². The summed E-state index contributed by atoms with van der Waals surface area (Å²) in [4.78, 5) is 0. The monoisotopic (exact) mass is 213 g/mol. The zero-order valence-electron chi connectivity index (χ0n) is 9.02. The summed E-state index contributed by atoms with van der Waals surface area (Å²) in [7, 11) is 1.60. The molecule has 14 heavy (non-hydrogen) atoms. The average molecular weight is 214 g/mol. The van der Waals surface area contributed by atoms with E-state index in [0.29, 0.717) is 10.8 Å². The van der Waals surface area contributed by atoms with Crippen molar-refractivity contribution in [2.75, 3.05) is 7.11 Å². The maximum atomic E-state index is 6.19. The number of aryl methyl sites for hydroxylation is 1. The van der Waals surface area contributed by atoms with Crippen molar-refractivity contribution in [3.63, 3.8) is 0 Å². The molecule has 0 bridgehead atoms. The summed E-state index contributed by atoms with van der Waals surface area (Å²) in [5, 5.41) is 0.611. The third kappa shape index (κ3) is 2.02. The van der Waals surface area contributed by atoms with Gasteiger partial charge in [0.25, 0.3) is 0 Å². The number of ether oxygens (including phenoxy) is 1. The van der Waals surface area contributed by atoms with Gasteiger partial charge in [-0.2, -0.15) is 0 Å². The van der Waals surface area contributed by atoms with E-state index in [9.17, 15) is 0 Å². The Morgan fingerprint density at radius 3 is 2.36 bits per heavy atom. The number of halogens is 1. The largest absolute Gasteiger partial charge is 0.495 e. The molecule has 0 unspecified atom stereocenters. The smallest absolute Gasteiger partial charge is 0.137 e. The quantitative estimate of drug-likeness (QED) is 0.820. The van der Waals surface area contributed by atoms with E-state index in [4.69, 9.17) is 22.1 Å². The predicted octanol–water partition coefficient (Wildman–Crippen LogP) is 2.85. The van der Waals surface area contributed by atoms with Crippen molar-refractivity contribution in [3.05, 3.63) is 28.3 Å². The summed E-state index contributed by atoms with van der Waals surface area (Å²) >= 11 is 6.19. The molecule has 2 nitrogen and oxygen atoms in total. The van der Waals surface area contributed by atoms with Gasteiger partial charge in [0.2, 0.25) is 0 Å². The van der Waals surface area contributed by atoms with Crippen LogP contribution < -0.4 is 10.5 Å². The highest BCUT2D eigenvalue weighted by molar-refractivity contribution is 6.33. The van der Waals surface area contributed by atoms with Crippen LogP contribution in [0.15, 0.2) is 12.1 Å². The van der Waals surface area contributed by atoms with Crippen LogP contribution in [-0.2, 0) is 5.54 Å². The summed E-state index contributed by atoms with van der Waals surface area (Å²) in [5.41, 5.74) is 7.62. The topological polar surface area (TPSA) is 35.2 Å². The molecule has 78 valence electrons. The van der Waals surface area contributed by atoms with E-state index in [0.717, 1.165) is 11.1 Å². The highest BCUT2D eigenvalue weighted by atomic mass is 35.5. The minimum Gasteiger partial charge on any atom is -0.495 e. The zero-order chi connectivity index (χ0) is 10.9. The van der Waals surface area contributed by atoms with Gasteiger partial charge < -0.3 is 10.5 Å². The first-order valence-corrected chi connectivity index (χ1v) is 4.88. The van der Waals surface area contributed by atoms with Crippen molar-refractivity contribution in [3.8, 4) is 5.75 Å². The molecule has 0 atom stereocenters. The third-order valence-corrected chi connectivity index (χ3v) is 2.55. The summed E-state index contributed by atoms with van der Waals surface area (Å²) in [6.45, 7) is 5.86. The van der Waals surface area contributed by atoms with Gasteiger partial charge in [0.15, 0.2) is 0 Å². The van der Waals surface area contributed by atoms with Crippen molar-refractivity contribution < 1.29 is 4.74 Å². The Morgan fingerprint density at radius 1 is 1.36 bits per heavy atom. The van der Waals surface area contributed by atoms with E-state index >= 15 is 0 Å². The van der Waals surface area contributed by atoms with Crippen LogP contribution >= 0.6 is 11.6 Å². The molecule has 0 saturated carbocycles. The molecule has 0 fully saturated rings. The molecular formula is C11H16ClNO. The molecule has 2 N–H and O–H groups in total. The van der Waals surface area contributed by atoms with Crippen LogP contribution in [0.4, 0.5) is 0 Å². The second-order valence-corrected chi connectivity index (χ2v) is 4.37. The van der Waals surface area contributed by atoms with Crippen LogP contribution in [0.25, 0.3) is 0 Å². The number of hydrogen-bond acceptors (Lipinski definition) is 2. The lowest BCUT2D eigenvalue weighted by Gasteiger charge is -2.24. The van der Waals surface area contributed by atoms with Crippen molar-refractivity contribution in [1.29, 1.82) is 0 Å². The average Bonchev–Trinajstić information content (AvgIpc) is 2.02. The van der Waals surface area contributed by atoms with Crippen molar-refractivity contribution in [1.82, 2.24) is 0 Å². The van der Waals surface area contributed by atoms with Crippen molar-refractivity contribution in [2.45, 2.75) is 26.3 Å². The van der Waals surface area contributed by atoms with E-state index in [1.807, 2.05) is 32.9 Å². The molecule has 0 spiro atoms. The lowest BCUT2D eigenvalue weighted by atomic mass is 9.91. The van der Waals surface area contributed by atoms with Gasteiger partial charge >= 0.3 is 0 Å². The molecule has 0 saturated heterocycles. The van der Waals surface area contributed by atoms with E-state index in [2.05, 4.69) is 0 Å². The Bertz CT molecular complexity index is 342. The van der Waals surface area contributed by atoms with Gasteiger partial charge in [0.05, 0.1) is 12.1 Å². The highest BCUT2D eigenvalue weighted by Gasteiger charge is 2.22. The van der Waals surface area contributed by atoms with E-state index in [1.165, 1.54) is 0 Å². The van der Waals surface area contributed by atoms with Gasteiger partial charge in [0.1, 0.15) is 5.75 Å². The molecule has 3 heteroatoms. The summed E-state index contributed by atoms with van der Waals surface area (Å²) in [5.74, 6) is 0.672. The molecule has 0 radical (unpaired) electrons. The van der Waals surface area contributed by atoms with E-state index in [-0.39, 0.29) is 0 Å². The zero-order valence-corrected chi connectivity index (χ0v) is 9.77. The molecule has 0 aromatic heterocycles. The summed E-state index contributed by atoms with van der Waals surface area (Å²) in [6.07, 6.45) is 0. The molecule has 0 aliphatic rings. The van der Waals surface area contributed by atoms with Crippen LogP contribution in [0.2, 0.25) is 5.02 Å². The highest BCUT2D eigenvalue weighted by Crippen LogP contribution is 2.35.